The SMILES string of the molecule is C[C@@H](C(=O)OCC(=O)NCCC#N)N1C(=O)[C@H]2CCCC[C@@H]2C1=O. The van der Waals surface area contributed by atoms with Crippen LogP contribution in [0.15, 0.2) is 0 Å². The molecule has 8 heteroatoms. The van der Waals surface area contributed by atoms with Crippen molar-refractivity contribution in [2.24, 2.45) is 11.8 Å². The molecule has 2 fully saturated rings. The molecule has 1 aliphatic heterocycles. The maximum Gasteiger partial charge on any atom is 0.329 e. The smallest absolute Gasteiger partial charge is 0.329 e. The fraction of sp³-hybridized carbons (Fsp3) is 0.688. The van der Waals surface area contributed by atoms with Gasteiger partial charge in [-0.05, 0) is 19.8 Å². The Morgan fingerprint density at radius 1 is 1.29 bits per heavy atom. The van der Waals surface area contributed by atoms with Crippen LogP contribution in [0.4, 0.5) is 0 Å². The zero-order chi connectivity index (χ0) is 17.7. The number of nitrogens with one attached hydrogen (secondary N) is 1. The lowest BCUT2D eigenvalue weighted by molar-refractivity contribution is -0.159. The van der Waals surface area contributed by atoms with Crippen molar-refractivity contribution in [3.8, 4) is 6.07 Å². The van der Waals surface area contributed by atoms with E-state index in [1.807, 2.05) is 6.07 Å². The first-order valence-corrected chi connectivity index (χ1v) is 8.14. The van der Waals surface area contributed by atoms with Gasteiger partial charge in [0, 0.05) is 6.54 Å². The first kappa shape index (κ1) is 17.9. The lowest BCUT2D eigenvalue weighted by Gasteiger charge is -2.21. The van der Waals surface area contributed by atoms with Crippen LogP contribution in [0.1, 0.15) is 39.0 Å². The van der Waals surface area contributed by atoms with E-state index >= 15 is 0 Å². The third kappa shape index (κ3) is 3.72. The molecule has 1 saturated heterocycles. The average molecular weight is 335 g/mol. The maximum atomic E-state index is 12.4. The van der Waals surface area contributed by atoms with Crippen LogP contribution in [0.3, 0.4) is 0 Å². The molecule has 8 nitrogen and oxygen atoms in total. The molecular weight excluding hydrogens is 314 g/mol. The fourth-order valence-electron chi connectivity index (χ4n) is 3.24. The topological polar surface area (TPSA) is 117 Å². The molecule has 1 saturated carbocycles. The summed E-state index contributed by atoms with van der Waals surface area (Å²) < 4.78 is 4.88. The van der Waals surface area contributed by atoms with Crippen molar-refractivity contribution >= 4 is 23.7 Å². The first-order chi connectivity index (χ1) is 11.5. The van der Waals surface area contributed by atoms with Gasteiger partial charge in [-0.3, -0.25) is 19.3 Å². The molecule has 0 radical (unpaired) electrons. The first-order valence-electron chi connectivity index (χ1n) is 8.14. The fourth-order valence-corrected chi connectivity index (χ4v) is 3.24. The monoisotopic (exact) mass is 335 g/mol. The molecule has 3 amide bonds. The Morgan fingerprint density at radius 2 is 1.88 bits per heavy atom. The average Bonchev–Trinajstić information content (AvgIpc) is 2.84. The molecule has 1 N–H and O–H groups in total. The largest absolute Gasteiger partial charge is 0.454 e. The second-order valence-corrected chi connectivity index (χ2v) is 6.09. The number of carbonyl (C=O) groups excluding carboxylic acids is 4. The third-order valence-electron chi connectivity index (χ3n) is 4.51. The van der Waals surface area contributed by atoms with Gasteiger partial charge in [0.25, 0.3) is 5.91 Å². The van der Waals surface area contributed by atoms with Gasteiger partial charge in [-0.1, -0.05) is 12.8 Å². The van der Waals surface area contributed by atoms with Gasteiger partial charge in [-0.15, -0.1) is 0 Å². The van der Waals surface area contributed by atoms with Crippen LogP contribution in [0.2, 0.25) is 0 Å². The predicted octanol–water partition coefficient (Wildman–Crippen LogP) is 0.123. The molecule has 0 aromatic carbocycles. The lowest BCUT2D eigenvalue weighted by atomic mass is 9.81. The van der Waals surface area contributed by atoms with Crippen LogP contribution < -0.4 is 5.32 Å². The lowest BCUT2D eigenvalue weighted by Crippen LogP contribution is -2.45. The van der Waals surface area contributed by atoms with E-state index in [2.05, 4.69) is 5.32 Å². The van der Waals surface area contributed by atoms with Crippen molar-refractivity contribution in [3.05, 3.63) is 0 Å². The Kier molecular flexibility index (Phi) is 5.90. The normalized spacial score (nSPS) is 24.1. The van der Waals surface area contributed by atoms with Gasteiger partial charge in [-0.2, -0.15) is 5.26 Å². The van der Waals surface area contributed by atoms with Crippen molar-refractivity contribution < 1.29 is 23.9 Å². The number of fused-ring (bicyclic) bond motifs is 1. The van der Waals surface area contributed by atoms with Gasteiger partial charge in [0.15, 0.2) is 6.61 Å². The molecule has 0 bridgehead atoms. The van der Waals surface area contributed by atoms with E-state index in [1.54, 1.807) is 0 Å². The van der Waals surface area contributed by atoms with Crippen molar-refractivity contribution in [3.63, 3.8) is 0 Å². The molecule has 24 heavy (non-hydrogen) atoms. The minimum atomic E-state index is -1.04. The number of imide groups is 1. The highest BCUT2D eigenvalue weighted by molar-refractivity contribution is 6.07. The Morgan fingerprint density at radius 3 is 2.42 bits per heavy atom. The summed E-state index contributed by atoms with van der Waals surface area (Å²) in [6.45, 7) is 1.11. The summed E-state index contributed by atoms with van der Waals surface area (Å²) in [6, 6.07) is 0.834. The summed E-state index contributed by atoms with van der Waals surface area (Å²) in [7, 11) is 0. The number of rotatable bonds is 6. The van der Waals surface area contributed by atoms with Gasteiger partial charge < -0.3 is 10.1 Å². The van der Waals surface area contributed by atoms with E-state index in [-0.39, 0.29) is 36.6 Å². The summed E-state index contributed by atoms with van der Waals surface area (Å²) in [6.07, 6.45) is 3.34. The van der Waals surface area contributed by atoms with E-state index < -0.39 is 24.5 Å². The number of hydrogen-bond donors (Lipinski definition) is 1. The molecule has 3 atom stereocenters. The van der Waals surface area contributed by atoms with Crippen molar-refractivity contribution in [2.45, 2.75) is 45.1 Å². The molecule has 130 valence electrons. The van der Waals surface area contributed by atoms with Crippen molar-refractivity contribution in [2.75, 3.05) is 13.2 Å². The summed E-state index contributed by atoms with van der Waals surface area (Å²) in [5.74, 6) is -2.59. The summed E-state index contributed by atoms with van der Waals surface area (Å²) in [5.41, 5.74) is 0. The van der Waals surface area contributed by atoms with Crippen LogP contribution in [0, 0.1) is 23.2 Å². The predicted molar refractivity (Wildman–Crippen MR) is 81.0 cm³/mol. The number of hydrogen-bond acceptors (Lipinski definition) is 6. The highest BCUT2D eigenvalue weighted by Crippen LogP contribution is 2.38. The number of ether oxygens (including phenoxy) is 1. The minimum absolute atomic E-state index is 0.162. The van der Waals surface area contributed by atoms with E-state index in [1.165, 1.54) is 6.92 Å². The zero-order valence-electron chi connectivity index (χ0n) is 13.6. The number of likely N-dealkylation sites (tertiary alicyclic amines) is 1. The molecule has 0 spiro atoms. The molecular formula is C16H21N3O5. The number of esters is 1. The second-order valence-electron chi connectivity index (χ2n) is 6.09. The number of nitrogens with zero attached hydrogens (tertiary/aromatic N) is 2. The van der Waals surface area contributed by atoms with Crippen LogP contribution in [0.5, 0.6) is 0 Å². The summed E-state index contributed by atoms with van der Waals surface area (Å²) in [5, 5.41) is 10.8. The number of carbonyl (C=O) groups is 4. The number of nitriles is 1. The highest BCUT2D eigenvalue weighted by atomic mass is 16.5. The van der Waals surface area contributed by atoms with Crippen LogP contribution in [0.25, 0.3) is 0 Å². The summed E-state index contributed by atoms with van der Waals surface area (Å²) in [4.78, 5) is 49.3. The Balaban J connectivity index is 1.88. The van der Waals surface area contributed by atoms with Crippen LogP contribution >= 0.6 is 0 Å². The Labute approximate surface area is 140 Å². The van der Waals surface area contributed by atoms with Gasteiger partial charge in [-0.25, -0.2) is 4.79 Å². The Hall–Kier alpha value is -2.43. The van der Waals surface area contributed by atoms with Gasteiger partial charge in [0.05, 0.1) is 24.3 Å². The quantitative estimate of drug-likeness (QED) is 0.419. The van der Waals surface area contributed by atoms with Crippen molar-refractivity contribution in [1.29, 1.82) is 5.26 Å². The van der Waals surface area contributed by atoms with E-state index in [0.717, 1.165) is 17.7 Å². The van der Waals surface area contributed by atoms with E-state index in [4.69, 9.17) is 10.00 Å². The second kappa shape index (κ2) is 7.90. The Bertz CT molecular complexity index is 559. The molecule has 1 aliphatic carbocycles. The van der Waals surface area contributed by atoms with Gasteiger partial charge in [0.2, 0.25) is 11.8 Å². The van der Waals surface area contributed by atoms with Crippen molar-refractivity contribution in [1.82, 2.24) is 10.2 Å². The third-order valence-corrected chi connectivity index (χ3v) is 4.51. The van der Waals surface area contributed by atoms with Crippen LogP contribution in [-0.2, 0) is 23.9 Å². The molecule has 0 aromatic rings. The summed E-state index contributed by atoms with van der Waals surface area (Å²) >= 11 is 0. The zero-order valence-corrected chi connectivity index (χ0v) is 13.6. The van der Waals surface area contributed by atoms with Gasteiger partial charge >= 0.3 is 5.97 Å². The van der Waals surface area contributed by atoms with Crippen LogP contribution in [-0.4, -0.2) is 47.8 Å². The van der Waals surface area contributed by atoms with E-state index in [0.29, 0.717) is 12.8 Å². The van der Waals surface area contributed by atoms with E-state index in [9.17, 15) is 19.2 Å². The maximum absolute atomic E-state index is 12.4. The standard InChI is InChI=1S/C16H21N3O5/c1-10(16(23)24-9-13(20)18-8-4-7-17)19-14(21)11-5-2-3-6-12(11)15(19)22/h10-12H,2-6,8-9H2,1H3,(H,18,20)/t10-,11-,12-/m0/s1. The molecule has 0 aromatic heterocycles. The highest BCUT2D eigenvalue weighted by Gasteiger charge is 2.51. The van der Waals surface area contributed by atoms with Gasteiger partial charge in [0.1, 0.15) is 6.04 Å². The number of amides is 3. The molecule has 1 heterocycles. The molecule has 2 aliphatic rings. The molecule has 2 rings (SSSR count). The minimum Gasteiger partial charge on any atom is -0.454 e. The molecule has 0 unspecified atom stereocenters.